The summed E-state index contributed by atoms with van der Waals surface area (Å²) in [4.78, 5) is 29.9. The van der Waals surface area contributed by atoms with E-state index in [1.807, 2.05) is 25.1 Å². The molecule has 1 aliphatic rings. The van der Waals surface area contributed by atoms with E-state index in [4.69, 9.17) is 4.74 Å². The molecular weight excluding hydrogens is 332 g/mol. The predicted molar refractivity (Wildman–Crippen MR) is 98.6 cm³/mol. The number of benzene rings is 1. The summed E-state index contributed by atoms with van der Waals surface area (Å²) in [6, 6.07) is 8.93. The van der Waals surface area contributed by atoms with Gasteiger partial charge in [-0.1, -0.05) is 6.07 Å². The van der Waals surface area contributed by atoms with Crippen LogP contribution in [-0.2, 0) is 0 Å². The van der Waals surface area contributed by atoms with E-state index in [0.717, 1.165) is 11.3 Å². The lowest BCUT2D eigenvalue weighted by Gasteiger charge is -2.18. The quantitative estimate of drug-likeness (QED) is 0.746. The van der Waals surface area contributed by atoms with Gasteiger partial charge in [-0.25, -0.2) is 4.79 Å². The van der Waals surface area contributed by atoms with Crippen molar-refractivity contribution in [3.05, 3.63) is 53.9 Å². The third kappa shape index (κ3) is 4.30. The lowest BCUT2D eigenvalue weighted by molar-refractivity contribution is 0.0951. The van der Waals surface area contributed by atoms with Crippen LogP contribution in [0.4, 0.5) is 10.5 Å². The topological polar surface area (TPSA) is 83.6 Å². The van der Waals surface area contributed by atoms with Gasteiger partial charge in [0, 0.05) is 37.1 Å². The number of aryl methyl sites for hydroxylation is 1. The molecule has 0 bridgehead atoms. The molecule has 0 aliphatic carbocycles. The molecular formula is C19H22N4O3. The number of amides is 3. The summed E-state index contributed by atoms with van der Waals surface area (Å²) in [7, 11) is 0. The fourth-order valence-electron chi connectivity index (χ4n) is 2.74. The summed E-state index contributed by atoms with van der Waals surface area (Å²) in [6.07, 6.45) is 4.03. The van der Waals surface area contributed by atoms with E-state index < -0.39 is 0 Å². The monoisotopic (exact) mass is 354 g/mol. The molecule has 7 heteroatoms. The van der Waals surface area contributed by atoms with Gasteiger partial charge >= 0.3 is 6.03 Å². The van der Waals surface area contributed by atoms with Crippen molar-refractivity contribution in [3.8, 4) is 5.75 Å². The molecule has 0 spiro atoms. The summed E-state index contributed by atoms with van der Waals surface area (Å²) in [5.41, 5.74) is 2.27. The van der Waals surface area contributed by atoms with Crippen molar-refractivity contribution >= 4 is 17.6 Å². The van der Waals surface area contributed by atoms with Gasteiger partial charge in [0.1, 0.15) is 5.75 Å². The third-order valence-corrected chi connectivity index (χ3v) is 4.13. The highest BCUT2D eigenvalue weighted by molar-refractivity contribution is 5.99. The Bertz CT molecular complexity index is 780. The van der Waals surface area contributed by atoms with E-state index in [-0.39, 0.29) is 11.9 Å². The summed E-state index contributed by atoms with van der Waals surface area (Å²) in [5.74, 6) is 0.554. The Hall–Kier alpha value is -3.09. The van der Waals surface area contributed by atoms with Crippen molar-refractivity contribution in [1.82, 2.24) is 15.6 Å². The molecule has 2 aromatic rings. The van der Waals surface area contributed by atoms with Crippen molar-refractivity contribution < 1.29 is 14.3 Å². The maximum atomic E-state index is 12.4. The van der Waals surface area contributed by atoms with Crippen LogP contribution in [0.25, 0.3) is 0 Å². The summed E-state index contributed by atoms with van der Waals surface area (Å²) in [6.45, 7) is 4.16. The van der Waals surface area contributed by atoms with Crippen LogP contribution in [0.5, 0.6) is 5.75 Å². The fraction of sp³-hybridized carbons (Fsp3) is 0.316. The minimum Gasteiger partial charge on any atom is -0.492 e. The second kappa shape index (κ2) is 8.33. The Morgan fingerprint density at radius 1 is 1.38 bits per heavy atom. The standard InChI is InChI=1S/C19H22N4O3/c1-14-5-6-15(12-17(14)23-10-9-22-19(23)25)18(24)21-8-3-11-26-16-4-2-7-20-13-16/h2,4-7,12-13H,3,8-11H2,1H3,(H,21,24)(H,22,25). The predicted octanol–water partition coefficient (Wildman–Crippen LogP) is 2.12. The Balaban J connectivity index is 1.51. The zero-order chi connectivity index (χ0) is 18.4. The van der Waals surface area contributed by atoms with Crippen LogP contribution in [0.15, 0.2) is 42.7 Å². The van der Waals surface area contributed by atoms with Gasteiger partial charge in [-0.2, -0.15) is 0 Å². The van der Waals surface area contributed by atoms with Crippen LogP contribution in [0.1, 0.15) is 22.3 Å². The van der Waals surface area contributed by atoms with Gasteiger partial charge < -0.3 is 15.4 Å². The van der Waals surface area contributed by atoms with Crippen LogP contribution in [0, 0.1) is 6.92 Å². The van der Waals surface area contributed by atoms with Crippen molar-refractivity contribution in [2.24, 2.45) is 0 Å². The normalized spacial score (nSPS) is 13.4. The van der Waals surface area contributed by atoms with Crippen molar-refractivity contribution in [2.75, 3.05) is 31.1 Å². The number of anilines is 1. The molecule has 2 heterocycles. The first-order valence-corrected chi connectivity index (χ1v) is 8.62. The highest BCUT2D eigenvalue weighted by Crippen LogP contribution is 2.23. The molecule has 1 aromatic heterocycles. The second-order valence-corrected chi connectivity index (χ2v) is 6.03. The van der Waals surface area contributed by atoms with E-state index in [1.165, 1.54) is 0 Å². The first kappa shape index (κ1) is 17.7. The number of hydrogen-bond acceptors (Lipinski definition) is 4. The minimum atomic E-state index is -0.160. The summed E-state index contributed by atoms with van der Waals surface area (Å²) < 4.78 is 5.54. The number of hydrogen-bond donors (Lipinski definition) is 2. The molecule has 0 saturated carbocycles. The first-order chi connectivity index (χ1) is 12.6. The number of carbonyl (C=O) groups excluding carboxylic acids is 2. The van der Waals surface area contributed by atoms with Gasteiger partial charge in [0.05, 0.1) is 12.8 Å². The van der Waals surface area contributed by atoms with Crippen LogP contribution in [-0.4, -0.2) is 43.2 Å². The number of aromatic nitrogens is 1. The third-order valence-electron chi connectivity index (χ3n) is 4.13. The van der Waals surface area contributed by atoms with Gasteiger partial charge in [-0.15, -0.1) is 0 Å². The number of ether oxygens (including phenoxy) is 1. The number of rotatable bonds is 7. The number of urea groups is 1. The van der Waals surface area contributed by atoms with E-state index in [9.17, 15) is 9.59 Å². The van der Waals surface area contributed by atoms with E-state index >= 15 is 0 Å². The molecule has 0 atom stereocenters. The molecule has 26 heavy (non-hydrogen) atoms. The first-order valence-electron chi connectivity index (χ1n) is 8.62. The van der Waals surface area contributed by atoms with E-state index in [2.05, 4.69) is 15.6 Å². The number of nitrogens with zero attached hydrogens (tertiary/aromatic N) is 2. The number of carbonyl (C=O) groups is 2. The second-order valence-electron chi connectivity index (χ2n) is 6.03. The highest BCUT2D eigenvalue weighted by atomic mass is 16.5. The molecule has 3 rings (SSSR count). The molecule has 1 fully saturated rings. The van der Waals surface area contributed by atoms with Crippen LogP contribution < -0.4 is 20.3 Å². The van der Waals surface area contributed by atoms with Crippen LogP contribution in [0.3, 0.4) is 0 Å². The Morgan fingerprint density at radius 2 is 2.27 bits per heavy atom. The summed E-state index contributed by atoms with van der Waals surface area (Å²) in [5, 5.41) is 5.65. The van der Waals surface area contributed by atoms with E-state index in [0.29, 0.717) is 44.0 Å². The molecule has 0 radical (unpaired) electrons. The molecule has 7 nitrogen and oxygen atoms in total. The van der Waals surface area contributed by atoms with Gasteiger partial charge in [0.2, 0.25) is 0 Å². The number of nitrogens with one attached hydrogen (secondary N) is 2. The van der Waals surface area contributed by atoms with Gasteiger partial charge in [-0.3, -0.25) is 14.7 Å². The van der Waals surface area contributed by atoms with Crippen molar-refractivity contribution in [2.45, 2.75) is 13.3 Å². The maximum absolute atomic E-state index is 12.4. The van der Waals surface area contributed by atoms with Crippen LogP contribution >= 0.6 is 0 Å². The van der Waals surface area contributed by atoms with Gasteiger partial charge in [-0.05, 0) is 43.2 Å². The fourth-order valence-corrected chi connectivity index (χ4v) is 2.74. The smallest absolute Gasteiger partial charge is 0.322 e. The zero-order valence-corrected chi connectivity index (χ0v) is 14.7. The average Bonchev–Trinajstić information content (AvgIpc) is 3.08. The summed E-state index contributed by atoms with van der Waals surface area (Å²) >= 11 is 0. The average molecular weight is 354 g/mol. The number of pyridine rings is 1. The SMILES string of the molecule is Cc1ccc(C(=O)NCCCOc2cccnc2)cc1N1CCNC1=O. The molecule has 1 aromatic carbocycles. The zero-order valence-electron chi connectivity index (χ0n) is 14.7. The highest BCUT2D eigenvalue weighted by Gasteiger charge is 2.23. The van der Waals surface area contributed by atoms with Crippen molar-refractivity contribution in [1.29, 1.82) is 0 Å². The van der Waals surface area contributed by atoms with Crippen LogP contribution in [0.2, 0.25) is 0 Å². The van der Waals surface area contributed by atoms with Gasteiger partial charge in [0.15, 0.2) is 0 Å². The minimum absolute atomic E-state index is 0.127. The van der Waals surface area contributed by atoms with Crippen molar-refractivity contribution in [3.63, 3.8) is 0 Å². The molecule has 1 aliphatic heterocycles. The molecule has 2 N–H and O–H groups in total. The maximum Gasteiger partial charge on any atom is 0.322 e. The molecule has 1 saturated heterocycles. The largest absolute Gasteiger partial charge is 0.492 e. The molecule has 136 valence electrons. The Morgan fingerprint density at radius 3 is 3.00 bits per heavy atom. The molecule has 3 amide bonds. The Kier molecular flexibility index (Phi) is 5.68. The van der Waals surface area contributed by atoms with E-state index in [1.54, 1.807) is 29.4 Å². The molecule has 0 unspecified atom stereocenters. The Labute approximate surface area is 152 Å². The lowest BCUT2D eigenvalue weighted by atomic mass is 10.1. The van der Waals surface area contributed by atoms with Gasteiger partial charge in [0.25, 0.3) is 5.91 Å². The lowest BCUT2D eigenvalue weighted by Crippen LogP contribution is -2.29.